The van der Waals surface area contributed by atoms with Crippen LogP contribution in [0.4, 0.5) is 8.78 Å². The maximum atomic E-state index is 13.0. The molecule has 6 nitrogen and oxygen atoms in total. The molecular weight excluding hydrogens is 470 g/mol. The summed E-state index contributed by atoms with van der Waals surface area (Å²) >= 11 is 6.35. The number of hydrogen-bond donors (Lipinski definition) is 0. The zero-order valence-electron chi connectivity index (χ0n) is 17.5. The van der Waals surface area contributed by atoms with Crippen LogP contribution in [0.25, 0.3) is 0 Å². The van der Waals surface area contributed by atoms with Gasteiger partial charge >= 0.3 is 12.6 Å². The molecular formula is C25H15ClF2O6. The minimum atomic E-state index is -3.00. The maximum absolute atomic E-state index is 13.0. The number of benzene rings is 3. The highest BCUT2D eigenvalue weighted by atomic mass is 35.5. The van der Waals surface area contributed by atoms with Crippen molar-refractivity contribution < 1.29 is 37.4 Å². The van der Waals surface area contributed by atoms with Crippen LogP contribution in [0.3, 0.4) is 0 Å². The van der Waals surface area contributed by atoms with E-state index in [0.29, 0.717) is 0 Å². The van der Waals surface area contributed by atoms with Gasteiger partial charge in [-0.3, -0.25) is 14.4 Å². The van der Waals surface area contributed by atoms with Crippen LogP contribution in [0, 0.1) is 0 Å². The van der Waals surface area contributed by atoms with Crippen LogP contribution in [-0.4, -0.2) is 36.0 Å². The SMILES string of the molecule is CC(OC(=O)c1ccc2c(c1Cl)C(=O)c1ccccc1C2=O)C(=O)c1ccc(OC(F)F)cc1. The van der Waals surface area contributed by atoms with Gasteiger partial charge in [-0.15, -0.1) is 0 Å². The van der Waals surface area contributed by atoms with Gasteiger partial charge in [0.15, 0.2) is 17.7 Å². The molecule has 0 aromatic heterocycles. The molecule has 1 unspecified atom stereocenters. The summed E-state index contributed by atoms with van der Waals surface area (Å²) in [5, 5.41) is -0.247. The van der Waals surface area contributed by atoms with Crippen LogP contribution in [0.15, 0.2) is 60.7 Å². The van der Waals surface area contributed by atoms with E-state index in [1.165, 1.54) is 55.5 Å². The highest BCUT2D eigenvalue weighted by Gasteiger charge is 2.34. The molecule has 1 atom stereocenters. The third kappa shape index (κ3) is 4.20. The highest BCUT2D eigenvalue weighted by Crippen LogP contribution is 2.34. The lowest BCUT2D eigenvalue weighted by Crippen LogP contribution is -2.26. The standard InChI is InChI=1S/C25H15ClF2O6/c1-12(21(29)13-6-8-14(9-7-13)34-25(27)28)33-24(32)18-11-10-17-19(20(18)26)23(31)16-5-3-2-4-15(16)22(17)30/h2-12,25H,1H3. The van der Waals surface area contributed by atoms with Gasteiger partial charge in [0, 0.05) is 22.3 Å². The number of rotatable bonds is 6. The first-order valence-corrected chi connectivity index (χ1v) is 10.4. The highest BCUT2D eigenvalue weighted by molar-refractivity contribution is 6.41. The summed E-state index contributed by atoms with van der Waals surface area (Å²) in [7, 11) is 0. The van der Waals surface area contributed by atoms with Crippen molar-refractivity contribution in [1.82, 2.24) is 0 Å². The Morgan fingerprint density at radius 2 is 1.47 bits per heavy atom. The van der Waals surface area contributed by atoms with Gasteiger partial charge in [-0.1, -0.05) is 35.9 Å². The van der Waals surface area contributed by atoms with Gasteiger partial charge in [-0.2, -0.15) is 8.78 Å². The summed E-state index contributed by atoms with van der Waals surface area (Å²) < 4.78 is 34.0. The van der Waals surface area contributed by atoms with Gasteiger partial charge in [0.1, 0.15) is 5.75 Å². The van der Waals surface area contributed by atoms with E-state index in [4.69, 9.17) is 16.3 Å². The Bertz CT molecular complexity index is 1330. The van der Waals surface area contributed by atoms with Crippen molar-refractivity contribution in [2.24, 2.45) is 0 Å². The number of carbonyl (C=O) groups excluding carboxylic acids is 4. The van der Waals surface area contributed by atoms with E-state index >= 15 is 0 Å². The molecule has 34 heavy (non-hydrogen) atoms. The van der Waals surface area contributed by atoms with Crippen molar-refractivity contribution in [2.45, 2.75) is 19.6 Å². The Labute approximate surface area is 197 Å². The lowest BCUT2D eigenvalue weighted by atomic mass is 9.83. The molecule has 3 aromatic rings. The van der Waals surface area contributed by atoms with Crippen LogP contribution in [0.1, 0.15) is 59.5 Å². The van der Waals surface area contributed by atoms with Gasteiger partial charge in [0.2, 0.25) is 5.78 Å². The van der Waals surface area contributed by atoms with Crippen molar-refractivity contribution in [3.05, 3.63) is 99.1 Å². The first-order chi connectivity index (χ1) is 16.2. The zero-order valence-corrected chi connectivity index (χ0v) is 18.3. The number of halogens is 3. The number of alkyl halides is 2. The van der Waals surface area contributed by atoms with E-state index in [9.17, 15) is 28.0 Å². The molecule has 0 saturated carbocycles. The van der Waals surface area contributed by atoms with Crippen molar-refractivity contribution in [3.8, 4) is 5.75 Å². The summed E-state index contributed by atoms with van der Waals surface area (Å²) in [5.74, 6) is -2.58. The molecule has 1 aliphatic rings. The van der Waals surface area contributed by atoms with E-state index in [0.717, 1.165) is 0 Å². The van der Waals surface area contributed by atoms with E-state index in [1.54, 1.807) is 12.1 Å². The predicted octanol–water partition coefficient (Wildman–Crippen LogP) is 5.15. The summed E-state index contributed by atoms with van der Waals surface area (Å²) in [6.45, 7) is -1.67. The average molecular weight is 485 g/mol. The minimum Gasteiger partial charge on any atom is -0.451 e. The number of esters is 1. The molecule has 0 spiro atoms. The van der Waals surface area contributed by atoms with Gasteiger partial charge in [-0.25, -0.2) is 4.79 Å². The van der Waals surface area contributed by atoms with Crippen molar-refractivity contribution >= 4 is 34.9 Å². The molecule has 0 aliphatic heterocycles. The number of carbonyl (C=O) groups is 4. The zero-order chi connectivity index (χ0) is 24.6. The molecule has 3 aromatic carbocycles. The van der Waals surface area contributed by atoms with E-state index in [2.05, 4.69) is 4.74 Å². The molecule has 172 valence electrons. The summed E-state index contributed by atoms with van der Waals surface area (Å²) in [4.78, 5) is 51.1. The normalized spacial score (nSPS) is 13.2. The van der Waals surface area contributed by atoms with E-state index in [-0.39, 0.29) is 44.2 Å². The largest absolute Gasteiger partial charge is 0.451 e. The Morgan fingerprint density at radius 3 is 2.09 bits per heavy atom. The van der Waals surface area contributed by atoms with Crippen LogP contribution >= 0.6 is 11.6 Å². The van der Waals surface area contributed by atoms with Gasteiger partial charge in [0.25, 0.3) is 0 Å². The molecule has 0 fully saturated rings. The lowest BCUT2D eigenvalue weighted by Gasteiger charge is -2.20. The third-order valence-electron chi connectivity index (χ3n) is 5.27. The fraction of sp³-hybridized carbons (Fsp3) is 0.120. The Kier molecular flexibility index (Phi) is 6.26. The summed E-state index contributed by atoms with van der Waals surface area (Å²) in [6, 6.07) is 13.8. The topological polar surface area (TPSA) is 86.7 Å². The number of hydrogen-bond acceptors (Lipinski definition) is 6. The second kappa shape index (κ2) is 9.15. The maximum Gasteiger partial charge on any atom is 0.387 e. The van der Waals surface area contributed by atoms with Crippen LogP contribution in [0.2, 0.25) is 5.02 Å². The minimum absolute atomic E-state index is 0.0699. The fourth-order valence-corrected chi connectivity index (χ4v) is 3.94. The Morgan fingerprint density at radius 1 is 0.853 bits per heavy atom. The van der Waals surface area contributed by atoms with E-state index in [1.807, 2.05) is 0 Å². The molecule has 9 heteroatoms. The lowest BCUT2D eigenvalue weighted by molar-refractivity contribution is -0.0498. The first-order valence-electron chi connectivity index (χ1n) is 10.00. The van der Waals surface area contributed by atoms with Crippen LogP contribution in [-0.2, 0) is 4.74 Å². The third-order valence-corrected chi connectivity index (χ3v) is 5.66. The van der Waals surface area contributed by atoms with Crippen molar-refractivity contribution in [3.63, 3.8) is 0 Å². The second-order valence-corrected chi connectivity index (χ2v) is 7.75. The number of ether oxygens (including phenoxy) is 2. The molecule has 0 amide bonds. The second-order valence-electron chi connectivity index (χ2n) is 7.37. The number of fused-ring (bicyclic) bond motifs is 2. The molecule has 0 bridgehead atoms. The van der Waals surface area contributed by atoms with Crippen molar-refractivity contribution in [1.29, 1.82) is 0 Å². The molecule has 0 radical (unpaired) electrons. The number of Topliss-reactive ketones (excluding diaryl/α,β-unsaturated/α-hetero) is 1. The van der Waals surface area contributed by atoms with Gasteiger partial charge in [0.05, 0.1) is 16.1 Å². The van der Waals surface area contributed by atoms with Crippen molar-refractivity contribution in [2.75, 3.05) is 0 Å². The molecule has 0 heterocycles. The predicted molar refractivity (Wildman–Crippen MR) is 117 cm³/mol. The smallest absolute Gasteiger partial charge is 0.387 e. The molecule has 4 rings (SSSR count). The van der Waals surface area contributed by atoms with Gasteiger partial charge in [-0.05, 0) is 43.3 Å². The fourth-order valence-electron chi connectivity index (χ4n) is 3.62. The number of ketones is 3. The van der Waals surface area contributed by atoms with Crippen LogP contribution in [0.5, 0.6) is 5.75 Å². The van der Waals surface area contributed by atoms with Crippen LogP contribution < -0.4 is 4.74 Å². The monoisotopic (exact) mass is 484 g/mol. The summed E-state index contributed by atoms with van der Waals surface area (Å²) in [6.07, 6.45) is -1.25. The van der Waals surface area contributed by atoms with Gasteiger partial charge < -0.3 is 9.47 Å². The average Bonchev–Trinajstić information content (AvgIpc) is 2.82. The quantitative estimate of drug-likeness (QED) is 0.278. The van der Waals surface area contributed by atoms with E-state index < -0.39 is 36.0 Å². The molecule has 1 aliphatic carbocycles. The molecule has 0 N–H and O–H groups in total. The first kappa shape index (κ1) is 23.3. The Balaban J connectivity index is 1.55. The summed E-state index contributed by atoms with van der Waals surface area (Å²) in [5.41, 5.74) is 0.317. The Hall–Kier alpha value is -3.91. The molecule has 0 saturated heterocycles.